The average Bonchev–Trinajstić information content (AvgIpc) is 2.96. The lowest BCUT2D eigenvalue weighted by Gasteiger charge is -2.21. The smallest absolute Gasteiger partial charge is 0.435 e. The van der Waals surface area contributed by atoms with E-state index in [9.17, 15) is 22.8 Å². The van der Waals surface area contributed by atoms with E-state index in [1.165, 1.54) is 25.4 Å². The summed E-state index contributed by atoms with van der Waals surface area (Å²) in [5.74, 6) is -1.18. The summed E-state index contributed by atoms with van der Waals surface area (Å²) in [6.45, 7) is 0.304. The van der Waals surface area contributed by atoms with Crippen molar-refractivity contribution in [2.24, 2.45) is 7.05 Å². The summed E-state index contributed by atoms with van der Waals surface area (Å²) in [5, 5.41) is 6.11. The Morgan fingerprint density at radius 3 is 2.60 bits per heavy atom. The molecule has 0 fully saturated rings. The molecule has 132 valence electrons. The van der Waals surface area contributed by atoms with E-state index in [4.69, 9.17) is 0 Å². The molecule has 1 aliphatic rings. The molecule has 25 heavy (non-hydrogen) atoms. The number of aromatic nitrogens is 2. The number of fused-ring (bicyclic) bond motifs is 1. The molecule has 1 aromatic heterocycles. The van der Waals surface area contributed by atoms with Gasteiger partial charge < -0.3 is 10.1 Å². The number of alkyl halides is 3. The molecule has 1 amide bonds. The third-order valence-electron chi connectivity index (χ3n) is 3.96. The van der Waals surface area contributed by atoms with Crippen molar-refractivity contribution in [2.75, 3.05) is 13.7 Å². The first kappa shape index (κ1) is 17.0. The molecule has 0 bridgehead atoms. The first-order valence-corrected chi connectivity index (χ1v) is 7.37. The lowest BCUT2D eigenvalue weighted by molar-refractivity contribution is -0.140. The number of aryl methyl sites for hydroxylation is 1. The van der Waals surface area contributed by atoms with Crippen LogP contribution in [0.4, 0.5) is 13.2 Å². The molecule has 1 N–H and O–H groups in total. The molecule has 0 atom stereocenters. The van der Waals surface area contributed by atoms with Crippen LogP contribution in [0.25, 0.3) is 11.1 Å². The summed E-state index contributed by atoms with van der Waals surface area (Å²) < 4.78 is 45.7. The standard InChI is InChI=1S/C16H14F3N3O3/c1-22-7-12(13(21-22)16(17,18)19)10-5-8(15(24)25-2)6-11-9(10)3-4-20-14(11)23/h5-7H,3-4H2,1-2H3,(H,20,23). The van der Waals surface area contributed by atoms with Gasteiger partial charge in [-0.05, 0) is 29.7 Å². The molecule has 3 rings (SSSR count). The molecule has 0 radical (unpaired) electrons. The van der Waals surface area contributed by atoms with Gasteiger partial charge >= 0.3 is 12.1 Å². The zero-order chi connectivity index (χ0) is 18.4. The van der Waals surface area contributed by atoms with E-state index in [0.29, 0.717) is 18.5 Å². The van der Waals surface area contributed by atoms with Gasteiger partial charge in [-0.2, -0.15) is 18.3 Å². The van der Waals surface area contributed by atoms with Gasteiger partial charge in [0.25, 0.3) is 5.91 Å². The molecule has 0 saturated carbocycles. The molecule has 9 heteroatoms. The Morgan fingerprint density at radius 2 is 1.96 bits per heavy atom. The normalized spacial score (nSPS) is 14.0. The molecule has 6 nitrogen and oxygen atoms in total. The van der Waals surface area contributed by atoms with Gasteiger partial charge in [-0.15, -0.1) is 0 Å². The van der Waals surface area contributed by atoms with Crippen molar-refractivity contribution in [3.63, 3.8) is 0 Å². The van der Waals surface area contributed by atoms with E-state index in [1.54, 1.807) is 0 Å². The highest BCUT2D eigenvalue weighted by Gasteiger charge is 2.38. The second-order valence-corrected chi connectivity index (χ2v) is 5.61. The minimum absolute atomic E-state index is 0.00489. The van der Waals surface area contributed by atoms with E-state index < -0.39 is 23.7 Å². The second kappa shape index (κ2) is 5.91. The molecule has 2 heterocycles. The van der Waals surface area contributed by atoms with Crippen LogP contribution in [0.15, 0.2) is 18.3 Å². The minimum atomic E-state index is -4.67. The van der Waals surface area contributed by atoms with E-state index in [1.807, 2.05) is 0 Å². The van der Waals surface area contributed by atoms with Gasteiger partial charge in [-0.3, -0.25) is 9.48 Å². The number of carbonyl (C=O) groups excluding carboxylic acids is 2. The maximum absolute atomic E-state index is 13.3. The number of hydrogen-bond acceptors (Lipinski definition) is 4. The van der Waals surface area contributed by atoms with Crippen LogP contribution >= 0.6 is 0 Å². The number of ether oxygens (including phenoxy) is 1. The van der Waals surface area contributed by atoms with Crippen LogP contribution in [0.5, 0.6) is 0 Å². The highest BCUT2D eigenvalue weighted by Crippen LogP contribution is 2.39. The quantitative estimate of drug-likeness (QED) is 0.840. The van der Waals surface area contributed by atoms with Crippen molar-refractivity contribution in [2.45, 2.75) is 12.6 Å². The molecule has 1 aliphatic heterocycles. The molecule has 2 aromatic rings. The van der Waals surface area contributed by atoms with Gasteiger partial charge in [0.2, 0.25) is 0 Å². The van der Waals surface area contributed by atoms with Crippen molar-refractivity contribution in [3.8, 4) is 11.1 Å². The molecular formula is C16H14F3N3O3. The van der Waals surface area contributed by atoms with E-state index >= 15 is 0 Å². The van der Waals surface area contributed by atoms with Crippen LogP contribution in [-0.2, 0) is 24.4 Å². The first-order chi connectivity index (χ1) is 11.7. The summed E-state index contributed by atoms with van der Waals surface area (Å²) in [4.78, 5) is 24.0. The van der Waals surface area contributed by atoms with Crippen LogP contribution in [0.1, 0.15) is 32.0 Å². The van der Waals surface area contributed by atoms with Gasteiger partial charge in [0.15, 0.2) is 5.69 Å². The summed E-state index contributed by atoms with van der Waals surface area (Å²) in [6.07, 6.45) is -3.09. The molecule has 0 unspecified atom stereocenters. The van der Waals surface area contributed by atoms with E-state index in [2.05, 4.69) is 15.2 Å². The zero-order valence-electron chi connectivity index (χ0n) is 13.4. The van der Waals surface area contributed by atoms with Crippen molar-refractivity contribution in [3.05, 3.63) is 40.7 Å². The Morgan fingerprint density at radius 1 is 1.28 bits per heavy atom. The number of rotatable bonds is 2. The lowest BCUT2D eigenvalue weighted by Crippen LogP contribution is -2.32. The number of nitrogens with zero attached hydrogens (tertiary/aromatic N) is 2. The van der Waals surface area contributed by atoms with Crippen molar-refractivity contribution in [1.82, 2.24) is 15.1 Å². The lowest BCUT2D eigenvalue weighted by atomic mass is 9.89. The molecular weight excluding hydrogens is 339 g/mol. The number of amides is 1. The number of carbonyl (C=O) groups is 2. The highest BCUT2D eigenvalue weighted by atomic mass is 19.4. The van der Waals surface area contributed by atoms with Crippen LogP contribution in [0, 0.1) is 0 Å². The SMILES string of the molecule is COC(=O)c1cc2c(c(-c3cn(C)nc3C(F)(F)F)c1)CCNC2=O. The van der Waals surface area contributed by atoms with Crippen molar-refractivity contribution >= 4 is 11.9 Å². The maximum atomic E-state index is 13.3. The Bertz CT molecular complexity index is 871. The fourth-order valence-corrected chi connectivity index (χ4v) is 2.91. The van der Waals surface area contributed by atoms with Crippen molar-refractivity contribution in [1.29, 1.82) is 0 Å². The molecule has 0 aliphatic carbocycles. The molecule has 0 saturated heterocycles. The minimum Gasteiger partial charge on any atom is -0.465 e. The number of esters is 1. The Hall–Kier alpha value is -2.84. The van der Waals surface area contributed by atoms with Crippen molar-refractivity contribution < 1.29 is 27.5 Å². The number of benzene rings is 1. The topological polar surface area (TPSA) is 73.2 Å². The third kappa shape index (κ3) is 2.97. The number of hydrogen-bond donors (Lipinski definition) is 1. The number of methoxy groups -OCH3 is 1. The van der Waals surface area contributed by atoms with E-state index in [0.717, 1.165) is 11.8 Å². The molecule has 1 aromatic carbocycles. The average molecular weight is 353 g/mol. The van der Waals surface area contributed by atoms with Crippen LogP contribution in [0.3, 0.4) is 0 Å². The summed E-state index contributed by atoms with van der Waals surface area (Å²) in [7, 11) is 2.54. The largest absolute Gasteiger partial charge is 0.465 e. The third-order valence-corrected chi connectivity index (χ3v) is 3.96. The van der Waals surface area contributed by atoms with Gasteiger partial charge in [0.1, 0.15) is 0 Å². The van der Waals surface area contributed by atoms with E-state index in [-0.39, 0.29) is 22.3 Å². The summed E-state index contributed by atoms with van der Waals surface area (Å²) >= 11 is 0. The van der Waals surface area contributed by atoms with Crippen LogP contribution in [0.2, 0.25) is 0 Å². The monoisotopic (exact) mass is 353 g/mol. The molecule has 0 spiro atoms. The van der Waals surface area contributed by atoms with Crippen LogP contribution in [-0.4, -0.2) is 35.3 Å². The van der Waals surface area contributed by atoms with Gasteiger partial charge in [-0.25, -0.2) is 4.79 Å². The highest BCUT2D eigenvalue weighted by molar-refractivity contribution is 6.02. The van der Waals surface area contributed by atoms with Gasteiger partial charge in [0.05, 0.1) is 12.7 Å². The summed E-state index contributed by atoms with van der Waals surface area (Å²) in [6, 6.07) is 2.65. The Balaban J connectivity index is 2.31. The zero-order valence-corrected chi connectivity index (χ0v) is 13.4. The Labute approximate surface area is 140 Å². The van der Waals surface area contributed by atoms with Gasteiger partial charge in [-0.1, -0.05) is 0 Å². The second-order valence-electron chi connectivity index (χ2n) is 5.61. The predicted octanol–water partition coefficient (Wildman–Crippen LogP) is 2.18. The predicted molar refractivity (Wildman–Crippen MR) is 81.0 cm³/mol. The Kier molecular flexibility index (Phi) is 4.02. The summed E-state index contributed by atoms with van der Waals surface area (Å²) in [5.41, 5.74) is -0.452. The number of nitrogens with one attached hydrogen (secondary N) is 1. The van der Waals surface area contributed by atoms with Gasteiger partial charge in [0, 0.05) is 30.9 Å². The fraction of sp³-hybridized carbons (Fsp3) is 0.312. The maximum Gasteiger partial charge on any atom is 0.435 e. The number of halogens is 3. The first-order valence-electron chi connectivity index (χ1n) is 7.37. The van der Waals surface area contributed by atoms with Crippen LogP contribution < -0.4 is 5.32 Å². The fourth-order valence-electron chi connectivity index (χ4n) is 2.91.